The molecule has 0 aliphatic rings. The minimum absolute atomic E-state index is 0.214. The molecule has 0 bridgehead atoms. The van der Waals surface area contributed by atoms with Crippen molar-refractivity contribution in [1.82, 2.24) is 20.4 Å². The number of H-pyrrole nitrogens is 1. The van der Waals surface area contributed by atoms with Crippen LogP contribution in [0.3, 0.4) is 0 Å². The van der Waals surface area contributed by atoms with Gasteiger partial charge < -0.3 is 4.98 Å². The standard InChI is InChI=1S/C10H11N5O/c1-6(14-15-7(2)16)9-12-8-4-3-5-11-10(8)13-9/h3-5H,1-2H3,(H,15,16)(H,11,12,13)/b14-6-. The van der Waals surface area contributed by atoms with Gasteiger partial charge in [0.05, 0.1) is 5.52 Å². The van der Waals surface area contributed by atoms with Crippen molar-refractivity contribution in [2.45, 2.75) is 13.8 Å². The monoisotopic (exact) mass is 217 g/mol. The maximum atomic E-state index is 10.7. The number of hydrogen-bond donors (Lipinski definition) is 2. The van der Waals surface area contributed by atoms with Gasteiger partial charge in [0.2, 0.25) is 5.91 Å². The summed E-state index contributed by atoms with van der Waals surface area (Å²) in [5.74, 6) is 0.385. The van der Waals surface area contributed by atoms with Crippen LogP contribution in [0.2, 0.25) is 0 Å². The molecule has 0 unspecified atom stereocenters. The molecular formula is C10H11N5O. The van der Waals surface area contributed by atoms with E-state index >= 15 is 0 Å². The van der Waals surface area contributed by atoms with Crippen LogP contribution in [0.1, 0.15) is 19.7 Å². The van der Waals surface area contributed by atoms with Gasteiger partial charge in [0.15, 0.2) is 11.5 Å². The fraction of sp³-hybridized carbons (Fsp3) is 0.200. The Kier molecular flexibility index (Phi) is 2.63. The average molecular weight is 217 g/mol. The normalized spacial score (nSPS) is 11.8. The maximum absolute atomic E-state index is 10.7. The summed E-state index contributed by atoms with van der Waals surface area (Å²) in [5.41, 5.74) is 4.44. The van der Waals surface area contributed by atoms with Gasteiger partial charge in [0, 0.05) is 13.1 Å². The number of nitrogens with one attached hydrogen (secondary N) is 2. The predicted octanol–water partition coefficient (Wildman–Crippen LogP) is 0.818. The van der Waals surface area contributed by atoms with Crippen LogP contribution in [-0.4, -0.2) is 26.6 Å². The lowest BCUT2D eigenvalue weighted by atomic mass is 10.4. The van der Waals surface area contributed by atoms with E-state index in [9.17, 15) is 4.79 Å². The van der Waals surface area contributed by atoms with Crippen LogP contribution in [0.15, 0.2) is 23.4 Å². The maximum Gasteiger partial charge on any atom is 0.236 e. The lowest BCUT2D eigenvalue weighted by Gasteiger charge is -1.95. The topological polar surface area (TPSA) is 83.0 Å². The largest absolute Gasteiger partial charge is 0.336 e. The molecule has 2 aromatic heterocycles. The summed E-state index contributed by atoms with van der Waals surface area (Å²) in [6.07, 6.45) is 1.67. The number of amides is 1. The fourth-order valence-electron chi connectivity index (χ4n) is 1.23. The van der Waals surface area contributed by atoms with Crippen LogP contribution in [-0.2, 0) is 4.79 Å². The molecule has 0 saturated carbocycles. The summed E-state index contributed by atoms with van der Waals surface area (Å²) >= 11 is 0. The Morgan fingerprint density at radius 3 is 3.00 bits per heavy atom. The SMILES string of the molecule is CC(=O)N/N=C(/C)c1nc2ncccc2[nH]1. The zero-order chi connectivity index (χ0) is 11.5. The molecule has 0 fully saturated rings. The Morgan fingerprint density at radius 2 is 2.31 bits per heavy atom. The minimum Gasteiger partial charge on any atom is -0.336 e. The quantitative estimate of drug-likeness (QED) is 0.577. The predicted molar refractivity (Wildman–Crippen MR) is 59.9 cm³/mol. The van der Waals surface area contributed by atoms with Crippen LogP contribution in [0.25, 0.3) is 11.2 Å². The molecular weight excluding hydrogens is 206 g/mol. The Hall–Kier alpha value is -2.24. The Bertz CT molecular complexity index is 524. The van der Waals surface area contributed by atoms with Gasteiger partial charge in [0.1, 0.15) is 5.71 Å². The summed E-state index contributed by atoms with van der Waals surface area (Å²) in [5, 5.41) is 3.88. The Balaban J connectivity index is 2.33. The zero-order valence-corrected chi connectivity index (χ0v) is 8.98. The summed E-state index contributed by atoms with van der Waals surface area (Å²) in [6.45, 7) is 3.16. The highest BCUT2D eigenvalue weighted by Crippen LogP contribution is 2.07. The van der Waals surface area contributed by atoms with E-state index in [2.05, 4.69) is 25.5 Å². The summed E-state index contributed by atoms with van der Waals surface area (Å²) in [6, 6.07) is 3.70. The van der Waals surface area contributed by atoms with Crippen LogP contribution >= 0.6 is 0 Å². The van der Waals surface area contributed by atoms with Crippen molar-refractivity contribution in [2.75, 3.05) is 0 Å². The van der Waals surface area contributed by atoms with Gasteiger partial charge in [-0.25, -0.2) is 15.4 Å². The lowest BCUT2D eigenvalue weighted by Crippen LogP contribution is -2.15. The number of imidazole rings is 1. The number of carbonyl (C=O) groups excluding carboxylic acids is 1. The zero-order valence-electron chi connectivity index (χ0n) is 8.98. The molecule has 0 aliphatic heterocycles. The van der Waals surface area contributed by atoms with Crippen molar-refractivity contribution in [3.05, 3.63) is 24.2 Å². The first-order chi connectivity index (χ1) is 7.66. The number of aromatic nitrogens is 3. The third-order valence-corrected chi connectivity index (χ3v) is 1.98. The van der Waals surface area contributed by atoms with E-state index in [0.29, 0.717) is 17.2 Å². The molecule has 0 saturated heterocycles. The van der Waals surface area contributed by atoms with Gasteiger partial charge in [-0.2, -0.15) is 5.10 Å². The van der Waals surface area contributed by atoms with Crippen LogP contribution in [0, 0.1) is 0 Å². The third-order valence-electron chi connectivity index (χ3n) is 1.98. The number of hydrazone groups is 1. The van der Waals surface area contributed by atoms with Crippen molar-refractivity contribution >= 4 is 22.8 Å². The highest BCUT2D eigenvalue weighted by molar-refractivity contribution is 5.98. The number of hydrogen-bond acceptors (Lipinski definition) is 4. The second-order valence-corrected chi connectivity index (χ2v) is 3.33. The van der Waals surface area contributed by atoms with Crippen molar-refractivity contribution in [1.29, 1.82) is 0 Å². The average Bonchev–Trinajstić information content (AvgIpc) is 2.69. The lowest BCUT2D eigenvalue weighted by molar-refractivity contribution is -0.118. The second-order valence-electron chi connectivity index (χ2n) is 3.33. The second kappa shape index (κ2) is 4.09. The van der Waals surface area contributed by atoms with Crippen LogP contribution < -0.4 is 5.43 Å². The van der Waals surface area contributed by atoms with E-state index in [1.165, 1.54) is 6.92 Å². The first-order valence-electron chi connectivity index (χ1n) is 4.79. The molecule has 2 aromatic rings. The summed E-state index contributed by atoms with van der Waals surface area (Å²) < 4.78 is 0. The molecule has 16 heavy (non-hydrogen) atoms. The Morgan fingerprint density at radius 1 is 1.50 bits per heavy atom. The molecule has 1 amide bonds. The molecule has 0 radical (unpaired) electrons. The molecule has 0 spiro atoms. The first-order valence-corrected chi connectivity index (χ1v) is 4.79. The Labute approximate surface area is 91.8 Å². The van der Waals surface area contributed by atoms with E-state index in [0.717, 1.165) is 5.52 Å². The molecule has 0 atom stereocenters. The number of rotatable bonds is 2. The highest BCUT2D eigenvalue weighted by Gasteiger charge is 2.05. The fourth-order valence-corrected chi connectivity index (χ4v) is 1.23. The van der Waals surface area contributed by atoms with E-state index < -0.39 is 0 Å². The molecule has 6 heteroatoms. The number of pyridine rings is 1. The molecule has 6 nitrogen and oxygen atoms in total. The van der Waals surface area contributed by atoms with Gasteiger partial charge in [-0.1, -0.05) is 0 Å². The number of aromatic amines is 1. The van der Waals surface area contributed by atoms with Crippen LogP contribution in [0.5, 0.6) is 0 Å². The van der Waals surface area contributed by atoms with Crippen LogP contribution in [0.4, 0.5) is 0 Å². The van der Waals surface area contributed by atoms with Gasteiger partial charge in [-0.15, -0.1) is 0 Å². The molecule has 2 rings (SSSR count). The van der Waals surface area contributed by atoms with Crippen molar-refractivity contribution in [2.24, 2.45) is 5.10 Å². The first kappa shape index (κ1) is 10.3. The van der Waals surface area contributed by atoms with Crippen molar-refractivity contribution in [3.8, 4) is 0 Å². The summed E-state index contributed by atoms with van der Waals surface area (Å²) in [7, 11) is 0. The number of carbonyl (C=O) groups is 1. The van der Waals surface area contributed by atoms with Crippen molar-refractivity contribution in [3.63, 3.8) is 0 Å². The summed E-state index contributed by atoms with van der Waals surface area (Å²) in [4.78, 5) is 22.1. The highest BCUT2D eigenvalue weighted by atomic mass is 16.2. The molecule has 2 heterocycles. The van der Waals surface area contributed by atoms with Gasteiger partial charge in [-0.05, 0) is 19.1 Å². The smallest absolute Gasteiger partial charge is 0.236 e. The van der Waals surface area contributed by atoms with Gasteiger partial charge in [-0.3, -0.25) is 4.79 Å². The third kappa shape index (κ3) is 2.05. The minimum atomic E-state index is -0.214. The van der Waals surface area contributed by atoms with E-state index in [4.69, 9.17) is 0 Å². The van der Waals surface area contributed by atoms with Gasteiger partial charge in [0.25, 0.3) is 0 Å². The van der Waals surface area contributed by atoms with E-state index in [1.54, 1.807) is 13.1 Å². The molecule has 2 N–H and O–H groups in total. The van der Waals surface area contributed by atoms with E-state index in [1.807, 2.05) is 12.1 Å². The van der Waals surface area contributed by atoms with E-state index in [-0.39, 0.29) is 5.91 Å². The molecule has 82 valence electrons. The molecule has 0 aromatic carbocycles. The van der Waals surface area contributed by atoms with Gasteiger partial charge >= 0.3 is 0 Å². The number of nitrogens with zero attached hydrogens (tertiary/aromatic N) is 3. The van der Waals surface area contributed by atoms with Crippen molar-refractivity contribution < 1.29 is 4.79 Å². The number of fused-ring (bicyclic) bond motifs is 1. The molecule has 0 aliphatic carbocycles.